The Labute approximate surface area is 171 Å². The number of amides is 2. The van der Waals surface area contributed by atoms with E-state index in [0.29, 0.717) is 22.3 Å². The number of thiazole rings is 1. The van der Waals surface area contributed by atoms with Crippen molar-refractivity contribution in [2.75, 3.05) is 16.8 Å². The predicted octanol–water partition coefficient (Wildman–Crippen LogP) is 4.09. The highest BCUT2D eigenvalue weighted by Crippen LogP contribution is 2.33. The molecule has 1 aliphatic heterocycles. The van der Waals surface area contributed by atoms with E-state index < -0.39 is 6.10 Å². The first-order valence-electron chi connectivity index (χ1n) is 9.09. The van der Waals surface area contributed by atoms with Gasteiger partial charge in [0.05, 0.1) is 11.4 Å². The third-order valence-corrected chi connectivity index (χ3v) is 5.28. The maximum atomic E-state index is 13.1. The molecule has 0 aliphatic carbocycles. The molecule has 0 fully saturated rings. The molecule has 0 saturated carbocycles. The van der Waals surface area contributed by atoms with E-state index in [-0.39, 0.29) is 30.6 Å². The fourth-order valence-electron chi connectivity index (χ4n) is 3.07. The summed E-state index contributed by atoms with van der Waals surface area (Å²) in [5.74, 6) is -0.103. The lowest BCUT2D eigenvalue weighted by Gasteiger charge is -2.32. The summed E-state index contributed by atoms with van der Waals surface area (Å²) in [5, 5.41) is 5.01. The van der Waals surface area contributed by atoms with E-state index in [4.69, 9.17) is 4.74 Å². The number of carbonyl (C=O) groups is 2. The topological polar surface area (TPSA) is 71.5 Å². The van der Waals surface area contributed by atoms with Gasteiger partial charge in [-0.3, -0.25) is 9.59 Å². The molecule has 8 heteroatoms. The second-order valence-corrected chi connectivity index (χ2v) is 7.42. The van der Waals surface area contributed by atoms with Gasteiger partial charge in [-0.05, 0) is 43.3 Å². The van der Waals surface area contributed by atoms with Crippen molar-refractivity contribution >= 4 is 34.0 Å². The van der Waals surface area contributed by atoms with Crippen LogP contribution < -0.4 is 15.0 Å². The highest BCUT2D eigenvalue weighted by molar-refractivity contribution is 7.14. The van der Waals surface area contributed by atoms with Crippen molar-refractivity contribution < 1.29 is 18.7 Å². The molecule has 0 radical (unpaired) electrons. The van der Waals surface area contributed by atoms with Gasteiger partial charge in [-0.1, -0.05) is 12.1 Å². The minimum atomic E-state index is -0.592. The van der Waals surface area contributed by atoms with Gasteiger partial charge in [-0.2, -0.15) is 0 Å². The van der Waals surface area contributed by atoms with Crippen molar-refractivity contribution in [3.8, 4) is 17.0 Å². The van der Waals surface area contributed by atoms with Gasteiger partial charge in [-0.25, -0.2) is 9.37 Å². The van der Waals surface area contributed by atoms with Crippen LogP contribution in [0.2, 0.25) is 0 Å². The van der Waals surface area contributed by atoms with Crippen LogP contribution in [0.25, 0.3) is 11.3 Å². The van der Waals surface area contributed by atoms with Crippen molar-refractivity contribution in [3.05, 3.63) is 59.7 Å². The summed E-state index contributed by atoms with van der Waals surface area (Å²) in [6.45, 7) is 1.93. The lowest BCUT2D eigenvalue weighted by atomic mass is 10.1. The Morgan fingerprint density at radius 3 is 2.79 bits per heavy atom. The molecule has 1 N–H and O–H groups in total. The predicted molar refractivity (Wildman–Crippen MR) is 110 cm³/mol. The first-order chi connectivity index (χ1) is 14.0. The Balaban J connectivity index is 1.39. The molecule has 6 nitrogen and oxygen atoms in total. The third kappa shape index (κ3) is 4.12. The number of ether oxygens (including phenoxy) is 1. The van der Waals surface area contributed by atoms with E-state index in [1.165, 1.54) is 23.5 Å². The lowest BCUT2D eigenvalue weighted by molar-refractivity contribution is -0.125. The van der Waals surface area contributed by atoms with E-state index in [1.807, 2.05) is 12.1 Å². The molecule has 1 aromatic heterocycles. The number of fused-ring (bicyclic) bond motifs is 1. The summed E-state index contributed by atoms with van der Waals surface area (Å²) >= 11 is 1.29. The average molecular weight is 411 g/mol. The van der Waals surface area contributed by atoms with Crippen molar-refractivity contribution in [1.82, 2.24) is 4.98 Å². The van der Waals surface area contributed by atoms with Crippen molar-refractivity contribution in [2.24, 2.45) is 0 Å². The first kappa shape index (κ1) is 19.1. The summed E-state index contributed by atoms with van der Waals surface area (Å²) in [5.41, 5.74) is 2.10. The molecule has 0 bridgehead atoms. The fraction of sp³-hybridized carbons (Fsp3) is 0.190. The number of rotatable bonds is 5. The van der Waals surface area contributed by atoms with Crippen LogP contribution in [0.3, 0.4) is 0 Å². The quantitative estimate of drug-likeness (QED) is 0.686. The van der Waals surface area contributed by atoms with Crippen LogP contribution in [-0.2, 0) is 9.59 Å². The van der Waals surface area contributed by atoms with Crippen LogP contribution in [0.15, 0.2) is 53.9 Å². The number of benzene rings is 2. The molecule has 2 aromatic carbocycles. The van der Waals surface area contributed by atoms with Crippen LogP contribution in [0.5, 0.6) is 5.75 Å². The number of nitrogens with one attached hydrogen (secondary N) is 1. The van der Waals surface area contributed by atoms with E-state index in [9.17, 15) is 14.0 Å². The smallest absolute Gasteiger partial charge is 0.267 e. The molecule has 2 heterocycles. The van der Waals surface area contributed by atoms with Crippen molar-refractivity contribution in [1.29, 1.82) is 0 Å². The van der Waals surface area contributed by atoms with E-state index in [0.717, 1.165) is 5.56 Å². The Morgan fingerprint density at radius 2 is 2.00 bits per heavy atom. The number of halogens is 1. The molecular weight excluding hydrogens is 393 g/mol. The number of aromatic nitrogens is 1. The number of anilines is 2. The molecule has 0 spiro atoms. The molecule has 148 valence electrons. The molecule has 1 unspecified atom stereocenters. The van der Waals surface area contributed by atoms with E-state index in [2.05, 4.69) is 10.3 Å². The first-order valence-corrected chi connectivity index (χ1v) is 9.97. The minimum Gasteiger partial charge on any atom is -0.479 e. The monoisotopic (exact) mass is 411 g/mol. The number of para-hydroxylation sites is 2. The molecule has 1 aliphatic rings. The Morgan fingerprint density at radius 1 is 1.24 bits per heavy atom. The van der Waals surface area contributed by atoms with Gasteiger partial charge < -0.3 is 15.0 Å². The molecule has 0 saturated heterocycles. The lowest BCUT2D eigenvalue weighted by Crippen LogP contribution is -2.45. The summed E-state index contributed by atoms with van der Waals surface area (Å²) in [6, 6.07) is 13.3. The second-order valence-electron chi connectivity index (χ2n) is 6.56. The van der Waals surface area contributed by atoms with Crippen molar-refractivity contribution in [2.45, 2.75) is 19.4 Å². The van der Waals surface area contributed by atoms with Gasteiger partial charge in [-0.15, -0.1) is 11.3 Å². The van der Waals surface area contributed by atoms with Gasteiger partial charge >= 0.3 is 0 Å². The van der Waals surface area contributed by atoms with Crippen LogP contribution >= 0.6 is 11.3 Å². The number of hydrogen-bond donors (Lipinski definition) is 1. The fourth-order valence-corrected chi connectivity index (χ4v) is 3.80. The zero-order valence-corrected chi connectivity index (χ0v) is 16.4. The summed E-state index contributed by atoms with van der Waals surface area (Å²) < 4.78 is 18.7. The normalized spacial score (nSPS) is 15.6. The van der Waals surface area contributed by atoms with E-state index >= 15 is 0 Å². The number of hydrogen-bond acceptors (Lipinski definition) is 5. The van der Waals surface area contributed by atoms with Gasteiger partial charge in [0.2, 0.25) is 5.91 Å². The zero-order chi connectivity index (χ0) is 20.4. The average Bonchev–Trinajstić information content (AvgIpc) is 3.17. The van der Waals surface area contributed by atoms with Gasteiger partial charge in [0.15, 0.2) is 11.2 Å². The van der Waals surface area contributed by atoms with Gasteiger partial charge in [0.25, 0.3) is 5.91 Å². The minimum absolute atomic E-state index is 0.123. The highest BCUT2D eigenvalue weighted by atomic mass is 32.1. The largest absolute Gasteiger partial charge is 0.479 e. The summed E-state index contributed by atoms with van der Waals surface area (Å²) in [7, 11) is 0. The molecule has 29 heavy (non-hydrogen) atoms. The Kier molecular flexibility index (Phi) is 5.26. The van der Waals surface area contributed by atoms with Crippen molar-refractivity contribution in [3.63, 3.8) is 0 Å². The SMILES string of the molecule is CC1Oc2ccccc2N(CCC(=O)Nc2nc(-c3ccc(F)cc3)cs2)C1=O. The molecular formula is C21H18FN3O3S. The van der Waals surface area contributed by atoms with Crippen LogP contribution in [-0.4, -0.2) is 29.4 Å². The maximum Gasteiger partial charge on any atom is 0.267 e. The van der Waals surface area contributed by atoms with Crippen LogP contribution in [0.4, 0.5) is 15.2 Å². The number of nitrogens with zero attached hydrogens (tertiary/aromatic N) is 2. The zero-order valence-electron chi connectivity index (χ0n) is 15.6. The maximum absolute atomic E-state index is 13.1. The Hall–Kier alpha value is -3.26. The van der Waals surface area contributed by atoms with Crippen LogP contribution in [0, 0.1) is 5.82 Å². The highest BCUT2D eigenvalue weighted by Gasteiger charge is 2.31. The molecule has 2 amide bonds. The number of carbonyl (C=O) groups excluding carboxylic acids is 2. The van der Waals surface area contributed by atoms with Crippen LogP contribution in [0.1, 0.15) is 13.3 Å². The Bertz CT molecular complexity index is 1050. The molecule has 4 rings (SSSR count). The molecule has 3 aromatic rings. The van der Waals surface area contributed by atoms with Gasteiger partial charge in [0, 0.05) is 23.9 Å². The van der Waals surface area contributed by atoms with E-state index in [1.54, 1.807) is 41.5 Å². The summed E-state index contributed by atoms with van der Waals surface area (Å²) in [6.07, 6.45) is -0.469. The third-order valence-electron chi connectivity index (χ3n) is 4.53. The second kappa shape index (κ2) is 8.00. The summed E-state index contributed by atoms with van der Waals surface area (Å²) in [4.78, 5) is 30.8. The van der Waals surface area contributed by atoms with Gasteiger partial charge in [0.1, 0.15) is 11.6 Å². The standard InChI is InChI=1S/C21H18FN3O3S/c1-13-20(27)25(17-4-2-3-5-18(17)28-13)11-10-19(26)24-21-23-16(12-29-21)14-6-8-15(22)9-7-14/h2-9,12-13H,10-11H2,1H3,(H,23,24,26). The molecule has 1 atom stereocenters.